The molecule has 15 heavy (non-hydrogen) atoms. The lowest BCUT2D eigenvalue weighted by Crippen LogP contribution is -2.12. The first kappa shape index (κ1) is 12.6. The van der Waals surface area contributed by atoms with Gasteiger partial charge in [0.15, 0.2) is 0 Å². The second-order valence-corrected chi connectivity index (χ2v) is 4.59. The highest BCUT2D eigenvalue weighted by Crippen LogP contribution is 2.08. The van der Waals surface area contributed by atoms with Gasteiger partial charge in [-0.25, -0.2) is 0 Å². The molecule has 0 aliphatic rings. The smallest absolute Gasteiger partial charge is 0.0537 e. The molecule has 1 aromatic rings. The van der Waals surface area contributed by atoms with Crippen molar-refractivity contribution in [2.75, 3.05) is 18.6 Å². The van der Waals surface area contributed by atoms with Crippen LogP contribution in [0.25, 0.3) is 0 Å². The average molecular weight is 227 g/mol. The van der Waals surface area contributed by atoms with Crippen LogP contribution in [0.5, 0.6) is 0 Å². The van der Waals surface area contributed by atoms with E-state index in [0.717, 1.165) is 19.6 Å². The number of nitrogens with one attached hydrogen (secondary N) is 1. The largest absolute Gasteiger partial charge is 0.313 e. The van der Waals surface area contributed by atoms with Crippen LogP contribution in [0.1, 0.15) is 24.6 Å². The van der Waals surface area contributed by atoms with E-state index in [1.807, 2.05) is 18.0 Å². The molecule has 0 radical (unpaired) electrons. The minimum Gasteiger partial charge on any atom is -0.313 e. The van der Waals surface area contributed by atoms with E-state index in [9.17, 15) is 0 Å². The van der Waals surface area contributed by atoms with Crippen molar-refractivity contribution in [3.63, 3.8) is 0 Å². The third-order valence-electron chi connectivity index (χ3n) is 2.49. The summed E-state index contributed by atoms with van der Waals surface area (Å²) in [7, 11) is 0. The molecule has 86 valence electrons. The Morgan fingerprint density at radius 1 is 1.53 bits per heavy atom. The Morgan fingerprint density at radius 2 is 2.33 bits per heavy atom. The van der Waals surface area contributed by atoms with Gasteiger partial charge in [-0.3, -0.25) is 4.68 Å². The van der Waals surface area contributed by atoms with Crippen molar-refractivity contribution in [1.82, 2.24) is 15.1 Å². The molecule has 0 spiro atoms. The highest BCUT2D eigenvalue weighted by molar-refractivity contribution is 7.98. The molecule has 0 aromatic carbocycles. The summed E-state index contributed by atoms with van der Waals surface area (Å²) in [6, 6.07) is 0. The molecule has 0 aliphatic heterocycles. The summed E-state index contributed by atoms with van der Waals surface area (Å²) in [5, 5.41) is 7.74. The summed E-state index contributed by atoms with van der Waals surface area (Å²) >= 11 is 1.89. The Labute approximate surface area is 96.6 Å². The van der Waals surface area contributed by atoms with Crippen LogP contribution in [-0.2, 0) is 13.1 Å². The second kappa shape index (κ2) is 6.90. The summed E-state index contributed by atoms with van der Waals surface area (Å²) in [5.74, 6) is 1.21. The van der Waals surface area contributed by atoms with E-state index in [1.54, 1.807) is 0 Å². The van der Waals surface area contributed by atoms with Gasteiger partial charge in [0.05, 0.1) is 6.20 Å². The standard InChI is InChI=1S/C11H21N3S/c1-4-12-8-11-9-13-14(10(11)2)6-5-7-15-3/h9,12H,4-8H2,1-3H3. The van der Waals surface area contributed by atoms with E-state index < -0.39 is 0 Å². The summed E-state index contributed by atoms with van der Waals surface area (Å²) in [6.45, 7) is 7.26. The van der Waals surface area contributed by atoms with Crippen LogP contribution in [0, 0.1) is 6.92 Å². The van der Waals surface area contributed by atoms with Crippen LogP contribution in [0.4, 0.5) is 0 Å². The lowest BCUT2D eigenvalue weighted by Gasteiger charge is -2.05. The van der Waals surface area contributed by atoms with Gasteiger partial charge in [-0.2, -0.15) is 16.9 Å². The van der Waals surface area contributed by atoms with E-state index in [4.69, 9.17) is 0 Å². The van der Waals surface area contributed by atoms with Crippen molar-refractivity contribution in [3.8, 4) is 0 Å². The number of nitrogens with zero attached hydrogens (tertiary/aromatic N) is 2. The highest BCUT2D eigenvalue weighted by atomic mass is 32.2. The molecule has 0 fully saturated rings. The normalized spacial score (nSPS) is 10.9. The van der Waals surface area contributed by atoms with Crippen molar-refractivity contribution in [2.24, 2.45) is 0 Å². The molecule has 0 unspecified atom stereocenters. The molecule has 1 heterocycles. The molecule has 4 heteroatoms. The Bertz CT molecular complexity index is 283. The van der Waals surface area contributed by atoms with E-state index in [-0.39, 0.29) is 0 Å². The summed E-state index contributed by atoms with van der Waals surface area (Å²) < 4.78 is 2.11. The molecule has 1 aromatic heterocycles. The van der Waals surface area contributed by atoms with Gasteiger partial charge in [-0.05, 0) is 31.9 Å². The fourth-order valence-corrected chi connectivity index (χ4v) is 1.92. The quantitative estimate of drug-likeness (QED) is 0.723. The zero-order valence-electron chi connectivity index (χ0n) is 9.92. The third kappa shape index (κ3) is 3.87. The number of thioether (sulfide) groups is 1. The Balaban J connectivity index is 2.47. The topological polar surface area (TPSA) is 29.9 Å². The number of hydrogen-bond acceptors (Lipinski definition) is 3. The van der Waals surface area contributed by atoms with Crippen LogP contribution in [-0.4, -0.2) is 28.3 Å². The van der Waals surface area contributed by atoms with Crippen molar-refractivity contribution in [1.29, 1.82) is 0 Å². The van der Waals surface area contributed by atoms with Gasteiger partial charge in [-0.15, -0.1) is 0 Å². The minimum atomic E-state index is 0.935. The lowest BCUT2D eigenvalue weighted by atomic mass is 10.2. The van der Waals surface area contributed by atoms with E-state index >= 15 is 0 Å². The molecule has 0 saturated carbocycles. The van der Waals surface area contributed by atoms with Crippen LogP contribution in [0.15, 0.2) is 6.20 Å². The SMILES string of the molecule is CCNCc1cnn(CCCSC)c1C. The van der Waals surface area contributed by atoms with Crippen molar-refractivity contribution >= 4 is 11.8 Å². The van der Waals surface area contributed by atoms with Gasteiger partial charge in [0.2, 0.25) is 0 Å². The molecule has 0 bridgehead atoms. The first-order valence-electron chi connectivity index (χ1n) is 5.50. The van der Waals surface area contributed by atoms with Gasteiger partial charge >= 0.3 is 0 Å². The summed E-state index contributed by atoms with van der Waals surface area (Å²) in [6.07, 6.45) is 5.33. The summed E-state index contributed by atoms with van der Waals surface area (Å²) in [5.41, 5.74) is 2.62. The van der Waals surface area contributed by atoms with Gasteiger partial charge in [-0.1, -0.05) is 6.92 Å². The number of rotatable bonds is 7. The lowest BCUT2D eigenvalue weighted by molar-refractivity contribution is 0.588. The maximum atomic E-state index is 4.41. The van der Waals surface area contributed by atoms with Gasteiger partial charge in [0.25, 0.3) is 0 Å². The monoisotopic (exact) mass is 227 g/mol. The van der Waals surface area contributed by atoms with Crippen LogP contribution < -0.4 is 5.32 Å². The Hall–Kier alpha value is -0.480. The first-order valence-corrected chi connectivity index (χ1v) is 6.90. The maximum absolute atomic E-state index is 4.41. The molecule has 1 rings (SSSR count). The predicted molar refractivity (Wildman–Crippen MR) is 67.3 cm³/mol. The van der Waals surface area contributed by atoms with E-state index in [2.05, 4.69) is 35.2 Å². The molecule has 0 atom stereocenters. The molecule has 0 amide bonds. The highest BCUT2D eigenvalue weighted by Gasteiger charge is 2.04. The zero-order chi connectivity index (χ0) is 11.1. The maximum Gasteiger partial charge on any atom is 0.0537 e. The van der Waals surface area contributed by atoms with Crippen molar-refractivity contribution in [3.05, 3.63) is 17.5 Å². The molecule has 0 saturated heterocycles. The van der Waals surface area contributed by atoms with Crippen molar-refractivity contribution < 1.29 is 0 Å². The van der Waals surface area contributed by atoms with E-state index in [1.165, 1.54) is 23.4 Å². The zero-order valence-corrected chi connectivity index (χ0v) is 10.7. The van der Waals surface area contributed by atoms with E-state index in [0.29, 0.717) is 0 Å². The van der Waals surface area contributed by atoms with Gasteiger partial charge in [0, 0.05) is 24.3 Å². The number of aromatic nitrogens is 2. The second-order valence-electron chi connectivity index (χ2n) is 3.61. The third-order valence-corrected chi connectivity index (χ3v) is 3.19. The molecule has 3 nitrogen and oxygen atoms in total. The first-order chi connectivity index (χ1) is 7.29. The van der Waals surface area contributed by atoms with Crippen LogP contribution in [0.2, 0.25) is 0 Å². The summed E-state index contributed by atoms with van der Waals surface area (Å²) in [4.78, 5) is 0. The average Bonchev–Trinajstić information content (AvgIpc) is 2.58. The molecular formula is C11H21N3S. The Kier molecular flexibility index (Phi) is 5.79. The number of hydrogen-bond donors (Lipinski definition) is 1. The van der Waals surface area contributed by atoms with Gasteiger partial charge in [0.1, 0.15) is 0 Å². The minimum absolute atomic E-state index is 0.935. The number of aryl methyl sites for hydroxylation is 1. The van der Waals surface area contributed by atoms with Crippen LogP contribution in [0.3, 0.4) is 0 Å². The molecular weight excluding hydrogens is 206 g/mol. The Morgan fingerprint density at radius 3 is 3.00 bits per heavy atom. The van der Waals surface area contributed by atoms with Crippen LogP contribution >= 0.6 is 11.8 Å². The molecule has 1 N–H and O–H groups in total. The fraction of sp³-hybridized carbons (Fsp3) is 0.727. The van der Waals surface area contributed by atoms with Crippen molar-refractivity contribution in [2.45, 2.75) is 33.4 Å². The van der Waals surface area contributed by atoms with Gasteiger partial charge < -0.3 is 5.32 Å². The fourth-order valence-electron chi connectivity index (χ4n) is 1.50. The molecule has 0 aliphatic carbocycles. The predicted octanol–water partition coefficient (Wildman–Crippen LogP) is 2.05.